The molecule has 22 unspecified atom stereocenters. The summed E-state index contributed by atoms with van der Waals surface area (Å²) >= 11 is 0. The quantitative estimate of drug-likeness (QED) is 0.132. The van der Waals surface area contributed by atoms with E-state index in [0.29, 0.717) is 62.9 Å². The third kappa shape index (κ3) is 7.07. The Bertz CT molecular complexity index is 2040. The van der Waals surface area contributed by atoms with Crippen molar-refractivity contribution in [2.75, 3.05) is 13.2 Å². The Morgan fingerprint density at radius 2 is 1.73 bits per heavy atom. The molecule has 1 spiro atoms. The maximum atomic E-state index is 15.9. The van der Waals surface area contributed by atoms with Gasteiger partial charge < -0.3 is 62.0 Å². The van der Waals surface area contributed by atoms with Gasteiger partial charge in [0.05, 0.1) is 59.7 Å². The first-order valence-corrected chi connectivity index (χ1v) is 26.7. The third-order valence-corrected chi connectivity index (χ3v) is 21.0. The largest absolute Gasteiger partial charge is 0.396 e. The first kappa shape index (κ1) is 48.5. The molecule has 2 aliphatic heterocycles. The van der Waals surface area contributed by atoms with Crippen molar-refractivity contribution in [3.05, 3.63) is 46.8 Å². The highest BCUT2D eigenvalue weighted by molar-refractivity contribution is 6.00. The van der Waals surface area contributed by atoms with Crippen LogP contribution in [0.15, 0.2) is 46.8 Å². The topological polar surface area (TPSA) is 238 Å². The van der Waals surface area contributed by atoms with Crippen LogP contribution in [0, 0.1) is 70.0 Å². The number of hydrogen-bond donors (Lipinski definition) is 11. The smallest absolute Gasteiger partial charge is 0.182 e. The number of fused-ring (bicyclic) bond motifs is 5. The van der Waals surface area contributed by atoms with E-state index in [9.17, 15) is 40.9 Å². The number of dihydropyridines is 1. The van der Waals surface area contributed by atoms with Gasteiger partial charge in [-0.2, -0.15) is 0 Å². The summed E-state index contributed by atoms with van der Waals surface area (Å²) in [5, 5.41) is 105. The molecule has 0 radical (unpaired) electrons. The molecule has 7 fully saturated rings. The van der Waals surface area contributed by atoms with E-state index < -0.39 is 88.0 Å². The fourth-order valence-corrected chi connectivity index (χ4v) is 18.3. The zero-order valence-electron chi connectivity index (χ0n) is 40.5. The van der Waals surface area contributed by atoms with E-state index in [1.807, 2.05) is 13.0 Å². The number of ether oxygens (including phenoxy) is 1. The molecule has 0 aromatic rings. The molecular formula is C54H83N3O10. The summed E-state index contributed by atoms with van der Waals surface area (Å²) in [5.74, 6) is -2.79. The Labute approximate surface area is 397 Å². The van der Waals surface area contributed by atoms with Gasteiger partial charge in [-0.05, 0) is 168 Å². The van der Waals surface area contributed by atoms with E-state index >= 15 is 4.79 Å². The zero-order chi connectivity index (χ0) is 47.6. The van der Waals surface area contributed by atoms with Gasteiger partial charge in [0.2, 0.25) is 0 Å². The minimum atomic E-state index is -1.79. The number of hydrogen-bond acceptors (Lipinski definition) is 13. The average Bonchev–Trinajstić information content (AvgIpc) is 3.61. The van der Waals surface area contributed by atoms with Gasteiger partial charge in [-0.25, -0.2) is 0 Å². The molecular weight excluding hydrogens is 851 g/mol. The van der Waals surface area contributed by atoms with Crippen molar-refractivity contribution in [3.8, 4) is 0 Å². The van der Waals surface area contributed by atoms with Crippen molar-refractivity contribution in [1.82, 2.24) is 10.6 Å². The molecule has 0 aromatic carbocycles. The second-order valence-corrected chi connectivity index (χ2v) is 24.2. The van der Waals surface area contributed by atoms with E-state index in [1.165, 1.54) is 6.42 Å². The van der Waals surface area contributed by atoms with Crippen LogP contribution in [0.4, 0.5) is 0 Å². The maximum absolute atomic E-state index is 15.9. The highest BCUT2D eigenvalue weighted by Gasteiger charge is 2.78. The van der Waals surface area contributed by atoms with Crippen molar-refractivity contribution in [2.45, 2.75) is 196 Å². The van der Waals surface area contributed by atoms with E-state index in [0.717, 1.165) is 43.4 Å². The van der Waals surface area contributed by atoms with E-state index in [4.69, 9.17) is 10.5 Å². The first-order valence-electron chi connectivity index (χ1n) is 26.7. The number of rotatable bonds is 11. The van der Waals surface area contributed by atoms with Gasteiger partial charge in [0.15, 0.2) is 5.78 Å². The van der Waals surface area contributed by atoms with Crippen LogP contribution in [0.1, 0.15) is 137 Å². The molecule has 6 saturated carbocycles. The van der Waals surface area contributed by atoms with Crippen LogP contribution in [0.3, 0.4) is 0 Å². The van der Waals surface area contributed by atoms with Crippen molar-refractivity contribution in [2.24, 2.45) is 75.7 Å². The lowest BCUT2D eigenvalue weighted by atomic mass is 9.36. The molecule has 0 amide bonds. The maximum Gasteiger partial charge on any atom is 0.182 e. The van der Waals surface area contributed by atoms with Gasteiger partial charge in [-0.15, -0.1) is 0 Å². The molecule has 374 valence electrons. The molecule has 13 nitrogen and oxygen atoms in total. The first-order chi connectivity index (χ1) is 31.9. The summed E-state index contributed by atoms with van der Waals surface area (Å²) in [6.45, 7) is 7.76. The highest BCUT2D eigenvalue weighted by Crippen LogP contribution is 2.76. The Morgan fingerprint density at radius 1 is 0.970 bits per heavy atom. The molecule has 12 N–H and O–H groups in total. The Hall–Kier alpha value is -2.17. The Balaban J connectivity index is 1.12. The van der Waals surface area contributed by atoms with Gasteiger partial charge in [-0.3, -0.25) is 4.79 Å². The lowest BCUT2D eigenvalue weighted by molar-refractivity contribution is -0.258. The molecule has 13 heteroatoms. The molecule has 10 rings (SSSR count). The fraction of sp³-hybridized carbons (Fsp3) is 0.833. The molecule has 10 aliphatic rings. The standard InChI is InChI=1S/C54H83N3O10/c1-5-8-29-11-14-33-39(19-12-29)67-49-42(33)37(60)10-6-22-54(49,66)51(4,64)40-21-23-53(65)45-43-30(25-50(40,53)3)13-15-31(32-17-20-41(55)57-36(32)9-7-24-58)35-18-16-34-44(48(63)46(45)56-27-28(2)59)52(35,43)26-38(61)47(34)62/h13,15,17,20,28-31,33-35,37-44,47,49,56-62,64-66H,5-12,14,16,18-19,21-27,55H2,1-4H3. The van der Waals surface area contributed by atoms with Crippen LogP contribution in [0.5, 0.6) is 0 Å². The predicted octanol–water partition coefficient (Wildman–Crippen LogP) is 4.01. The lowest BCUT2D eigenvalue weighted by Gasteiger charge is -2.69. The molecule has 1 saturated heterocycles. The van der Waals surface area contributed by atoms with Gasteiger partial charge in [0.25, 0.3) is 0 Å². The number of allylic oxidation sites excluding steroid dienone is 6. The molecule has 22 atom stereocenters. The number of nitrogens with one attached hydrogen (secondary N) is 2. The summed E-state index contributed by atoms with van der Waals surface area (Å²) in [5.41, 5.74) is 2.13. The van der Waals surface area contributed by atoms with Crippen molar-refractivity contribution < 1.29 is 50.4 Å². The fourth-order valence-electron chi connectivity index (χ4n) is 18.3. The minimum Gasteiger partial charge on any atom is -0.396 e. The van der Waals surface area contributed by atoms with Crippen LogP contribution >= 0.6 is 0 Å². The highest BCUT2D eigenvalue weighted by atomic mass is 16.5. The normalized spacial score (nSPS) is 50.2. The number of ketones is 1. The number of carbonyl (C=O) groups is 1. The van der Waals surface area contributed by atoms with Crippen LogP contribution < -0.4 is 16.4 Å². The molecule has 0 aromatic heterocycles. The van der Waals surface area contributed by atoms with Crippen LogP contribution in [-0.2, 0) is 9.53 Å². The summed E-state index contributed by atoms with van der Waals surface area (Å²) in [4.78, 5) is 15.9. The minimum absolute atomic E-state index is 0.0140. The van der Waals surface area contributed by atoms with Crippen LogP contribution in [0.2, 0.25) is 0 Å². The number of nitrogens with two attached hydrogens (primary N) is 1. The molecule has 67 heavy (non-hydrogen) atoms. The number of aliphatic hydroxyl groups is 8. The third-order valence-electron chi connectivity index (χ3n) is 21.0. The molecule has 2 heterocycles. The average molecular weight is 934 g/mol. The van der Waals surface area contributed by atoms with Crippen LogP contribution in [0.25, 0.3) is 0 Å². The lowest BCUT2D eigenvalue weighted by Crippen LogP contribution is -2.72. The molecule has 8 aliphatic carbocycles. The number of Topliss-reactive ketones (excluding diaryl/α,β-unsaturated/α-hetero) is 1. The summed E-state index contributed by atoms with van der Waals surface area (Å²) < 4.78 is 7.04. The zero-order valence-corrected chi connectivity index (χ0v) is 40.5. The van der Waals surface area contributed by atoms with Crippen molar-refractivity contribution in [3.63, 3.8) is 0 Å². The SMILES string of the molecule is CCCC1CCC2OC3C(C(O)CCCC3(O)C(C)(O)C3CCC4(O)C5=C(NCC(C)O)C(=O)C6C7CCC8C(C9=C(CCCO)NC(N)C=C9)C=CC(CC34C)C5C86CC(O)C7O)C2CC1. The Kier molecular flexibility index (Phi) is 12.7. The summed E-state index contributed by atoms with van der Waals surface area (Å²) in [7, 11) is 0. The number of carbonyl (C=O) groups excluding carboxylic acids is 1. The van der Waals surface area contributed by atoms with Gasteiger partial charge >= 0.3 is 0 Å². The van der Waals surface area contributed by atoms with Crippen LogP contribution in [-0.4, -0.2) is 119 Å². The Morgan fingerprint density at radius 3 is 2.48 bits per heavy atom. The van der Waals surface area contributed by atoms with E-state index in [2.05, 4.69) is 35.8 Å². The summed E-state index contributed by atoms with van der Waals surface area (Å²) in [6.07, 6.45) is 14.6. The van der Waals surface area contributed by atoms with Gasteiger partial charge in [0, 0.05) is 42.0 Å². The predicted molar refractivity (Wildman–Crippen MR) is 252 cm³/mol. The second-order valence-electron chi connectivity index (χ2n) is 24.2. The van der Waals surface area contributed by atoms with Crippen molar-refractivity contribution >= 4 is 5.78 Å². The van der Waals surface area contributed by atoms with Gasteiger partial charge in [0.1, 0.15) is 5.60 Å². The summed E-state index contributed by atoms with van der Waals surface area (Å²) in [6, 6.07) is 0. The second kappa shape index (κ2) is 17.5. The monoisotopic (exact) mass is 934 g/mol. The van der Waals surface area contributed by atoms with Crippen molar-refractivity contribution in [1.29, 1.82) is 0 Å². The van der Waals surface area contributed by atoms with E-state index in [1.54, 1.807) is 13.8 Å². The molecule has 2 bridgehead atoms. The van der Waals surface area contributed by atoms with E-state index in [-0.39, 0.29) is 79.6 Å². The number of aliphatic hydroxyl groups excluding tert-OH is 5. The van der Waals surface area contributed by atoms with Gasteiger partial charge in [-0.1, -0.05) is 51.3 Å².